The Bertz CT molecular complexity index is 752. The summed E-state index contributed by atoms with van der Waals surface area (Å²) in [5.41, 5.74) is 7.76. The number of carbonyl (C=O) groups is 1. The Morgan fingerprint density at radius 3 is 2.56 bits per heavy atom. The number of nitrogens with two attached hydrogens (primary N) is 1. The first-order valence-corrected chi connectivity index (χ1v) is 7.74. The zero-order chi connectivity index (χ0) is 18.1. The Morgan fingerprint density at radius 2 is 1.88 bits per heavy atom. The standard InChI is InChI=1S/C17H18ClN3O4/c1-23-16-10-12(11-20-21-17(19)22)6-7-15(16)25-9-8-24-14-5-3-2-4-13(14)18/h2-7,10-11H,8-9H2,1H3,(H3,19,21,22)/b20-11-. The molecule has 8 heteroatoms. The normalized spacial score (nSPS) is 10.5. The maximum Gasteiger partial charge on any atom is 0.332 e. The van der Waals surface area contributed by atoms with Crippen LogP contribution in [0.2, 0.25) is 5.02 Å². The largest absolute Gasteiger partial charge is 0.493 e. The summed E-state index contributed by atoms with van der Waals surface area (Å²) in [4.78, 5) is 10.6. The van der Waals surface area contributed by atoms with Gasteiger partial charge in [0.2, 0.25) is 0 Å². The minimum atomic E-state index is -0.735. The third kappa shape index (κ3) is 5.89. The average molecular weight is 364 g/mol. The van der Waals surface area contributed by atoms with Crippen LogP contribution in [0.25, 0.3) is 0 Å². The van der Waals surface area contributed by atoms with Crippen molar-refractivity contribution in [1.82, 2.24) is 5.43 Å². The van der Waals surface area contributed by atoms with Gasteiger partial charge in [0.15, 0.2) is 11.5 Å². The van der Waals surface area contributed by atoms with Crippen LogP contribution >= 0.6 is 11.6 Å². The molecule has 0 atom stereocenters. The summed E-state index contributed by atoms with van der Waals surface area (Å²) in [6, 6.07) is 11.7. The number of para-hydroxylation sites is 1. The Hall–Kier alpha value is -2.93. The Balaban J connectivity index is 1.90. The topological polar surface area (TPSA) is 95.2 Å². The lowest BCUT2D eigenvalue weighted by Crippen LogP contribution is -2.24. The van der Waals surface area contributed by atoms with E-state index in [4.69, 9.17) is 31.5 Å². The molecule has 0 fully saturated rings. The number of benzene rings is 2. The summed E-state index contributed by atoms with van der Waals surface area (Å²) in [5.74, 6) is 1.69. The fourth-order valence-electron chi connectivity index (χ4n) is 1.92. The second-order valence-electron chi connectivity index (χ2n) is 4.77. The fraction of sp³-hybridized carbons (Fsp3) is 0.176. The van der Waals surface area contributed by atoms with Gasteiger partial charge in [0.25, 0.3) is 0 Å². The number of methoxy groups -OCH3 is 1. The van der Waals surface area contributed by atoms with Crippen LogP contribution in [0.1, 0.15) is 5.56 Å². The van der Waals surface area contributed by atoms with E-state index >= 15 is 0 Å². The first kappa shape index (κ1) is 18.4. The molecule has 0 saturated carbocycles. The minimum absolute atomic E-state index is 0.318. The van der Waals surface area contributed by atoms with Crippen molar-refractivity contribution in [2.75, 3.05) is 20.3 Å². The molecule has 0 saturated heterocycles. The van der Waals surface area contributed by atoms with Crippen molar-refractivity contribution in [3.63, 3.8) is 0 Å². The molecule has 2 amide bonds. The van der Waals surface area contributed by atoms with Gasteiger partial charge < -0.3 is 19.9 Å². The summed E-state index contributed by atoms with van der Waals surface area (Å²) >= 11 is 6.01. The van der Waals surface area contributed by atoms with Crippen molar-refractivity contribution in [2.24, 2.45) is 10.8 Å². The van der Waals surface area contributed by atoms with Crippen molar-refractivity contribution in [2.45, 2.75) is 0 Å². The molecule has 0 heterocycles. The van der Waals surface area contributed by atoms with Crippen molar-refractivity contribution in [3.05, 3.63) is 53.1 Å². The molecule has 3 N–H and O–H groups in total. The number of hydrogen-bond acceptors (Lipinski definition) is 5. The van der Waals surface area contributed by atoms with Crippen LogP contribution in [0.15, 0.2) is 47.6 Å². The fourth-order valence-corrected chi connectivity index (χ4v) is 2.11. The lowest BCUT2D eigenvalue weighted by atomic mass is 10.2. The number of urea groups is 1. The molecule has 7 nitrogen and oxygen atoms in total. The molecule has 0 aliphatic carbocycles. The van der Waals surface area contributed by atoms with E-state index in [0.29, 0.717) is 41.0 Å². The zero-order valence-corrected chi connectivity index (χ0v) is 14.3. The third-order valence-corrected chi connectivity index (χ3v) is 3.32. The first-order valence-electron chi connectivity index (χ1n) is 7.37. The van der Waals surface area contributed by atoms with Crippen LogP contribution < -0.4 is 25.4 Å². The second kappa shape index (κ2) is 9.39. The molecular weight excluding hydrogens is 346 g/mol. The van der Waals surface area contributed by atoms with Crippen LogP contribution in [0, 0.1) is 0 Å². The van der Waals surface area contributed by atoms with Gasteiger partial charge in [-0.25, -0.2) is 10.2 Å². The molecule has 132 valence electrons. The van der Waals surface area contributed by atoms with Gasteiger partial charge in [0, 0.05) is 0 Å². The average Bonchev–Trinajstić information content (AvgIpc) is 2.60. The number of ether oxygens (including phenoxy) is 3. The highest BCUT2D eigenvalue weighted by molar-refractivity contribution is 6.32. The van der Waals surface area contributed by atoms with Gasteiger partial charge in [-0.2, -0.15) is 5.10 Å². The van der Waals surface area contributed by atoms with Crippen LogP contribution in [0.3, 0.4) is 0 Å². The Labute approximate surface area is 150 Å². The van der Waals surface area contributed by atoms with E-state index in [1.807, 2.05) is 12.1 Å². The Kier molecular flexibility index (Phi) is 6.91. The molecule has 0 spiro atoms. The van der Waals surface area contributed by atoms with E-state index in [0.717, 1.165) is 0 Å². The quantitative estimate of drug-likeness (QED) is 0.428. The number of hydrazone groups is 1. The van der Waals surface area contributed by atoms with Crippen LogP contribution in [-0.2, 0) is 0 Å². The smallest absolute Gasteiger partial charge is 0.332 e. The predicted molar refractivity (Wildman–Crippen MR) is 95.7 cm³/mol. The SMILES string of the molecule is COc1cc(/C=N\NC(N)=O)ccc1OCCOc1ccccc1Cl. The van der Waals surface area contributed by atoms with E-state index in [1.165, 1.54) is 13.3 Å². The highest BCUT2D eigenvalue weighted by Gasteiger charge is 2.06. The second-order valence-corrected chi connectivity index (χ2v) is 5.18. The number of primary amides is 1. The van der Waals surface area contributed by atoms with Gasteiger partial charge in [-0.15, -0.1) is 0 Å². The minimum Gasteiger partial charge on any atom is -0.493 e. The molecular formula is C17H18ClN3O4. The van der Waals surface area contributed by atoms with Gasteiger partial charge in [0.05, 0.1) is 18.3 Å². The molecule has 2 aromatic rings. The highest BCUT2D eigenvalue weighted by Crippen LogP contribution is 2.28. The van der Waals surface area contributed by atoms with E-state index in [9.17, 15) is 4.79 Å². The van der Waals surface area contributed by atoms with Gasteiger partial charge in [-0.1, -0.05) is 23.7 Å². The lowest BCUT2D eigenvalue weighted by molar-refractivity contribution is 0.211. The number of halogens is 1. The van der Waals surface area contributed by atoms with E-state index in [1.54, 1.807) is 30.3 Å². The number of hydrogen-bond donors (Lipinski definition) is 2. The van der Waals surface area contributed by atoms with E-state index < -0.39 is 6.03 Å². The summed E-state index contributed by atoms with van der Waals surface area (Å²) in [6.07, 6.45) is 1.44. The molecule has 0 aliphatic heterocycles. The van der Waals surface area contributed by atoms with Crippen LogP contribution in [0.4, 0.5) is 4.79 Å². The highest BCUT2D eigenvalue weighted by atomic mass is 35.5. The van der Waals surface area contributed by atoms with E-state index in [-0.39, 0.29) is 0 Å². The first-order chi connectivity index (χ1) is 12.1. The number of rotatable bonds is 8. The number of amides is 2. The molecule has 0 unspecified atom stereocenters. The third-order valence-electron chi connectivity index (χ3n) is 3.01. The lowest BCUT2D eigenvalue weighted by Gasteiger charge is -2.12. The van der Waals surface area contributed by atoms with Crippen molar-refractivity contribution >= 4 is 23.8 Å². The van der Waals surface area contributed by atoms with Crippen molar-refractivity contribution < 1.29 is 19.0 Å². The molecule has 0 aromatic heterocycles. The van der Waals surface area contributed by atoms with Crippen molar-refractivity contribution in [3.8, 4) is 17.2 Å². The number of carbonyl (C=O) groups excluding carboxylic acids is 1. The zero-order valence-electron chi connectivity index (χ0n) is 13.6. The molecule has 25 heavy (non-hydrogen) atoms. The van der Waals surface area contributed by atoms with E-state index in [2.05, 4.69) is 10.5 Å². The predicted octanol–water partition coefficient (Wildman–Crippen LogP) is 2.81. The van der Waals surface area contributed by atoms with Gasteiger partial charge in [-0.05, 0) is 35.9 Å². The Morgan fingerprint density at radius 1 is 1.16 bits per heavy atom. The number of nitrogens with one attached hydrogen (secondary N) is 1. The summed E-state index contributed by atoms with van der Waals surface area (Å²) in [5, 5.41) is 4.23. The molecule has 0 bridgehead atoms. The van der Waals surface area contributed by atoms with Crippen molar-refractivity contribution in [1.29, 1.82) is 0 Å². The van der Waals surface area contributed by atoms with Crippen LogP contribution in [-0.4, -0.2) is 32.6 Å². The summed E-state index contributed by atoms with van der Waals surface area (Å²) < 4.78 is 16.5. The summed E-state index contributed by atoms with van der Waals surface area (Å²) in [7, 11) is 1.53. The van der Waals surface area contributed by atoms with Gasteiger partial charge >= 0.3 is 6.03 Å². The van der Waals surface area contributed by atoms with Crippen LogP contribution in [0.5, 0.6) is 17.2 Å². The molecule has 2 aromatic carbocycles. The molecule has 0 radical (unpaired) electrons. The molecule has 0 aliphatic rings. The maximum absolute atomic E-state index is 10.6. The number of nitrogens with zero attached hydrogens (tertiary/aromatic N) is 1. The van der Waals surface area contributed by atoms with Gasteiger partial charge in [-0.3, -0.25) is 0 Å². The molecule has 2 rings (SSSR count). The monoisotopic (exact) mass is 363 g/mol. The maximum atomic E-state index is 10.6. The summed E-state index contributed by atoms with van der Waals surface area (Å²) in [6.45, 7) is 0.650. The van der Waals surface area contributed by atoms with Gasteiger partial charge in [0.1, 0.15) is 19.0 Å².